The van der Waals surface area contributed by atoms with Crippen molar-refractivity contribution in [3.63, 3.8) is 0 Å². The highest BCUT2D eigenvalue weighted by Crippen LogP contribution is 2.45. The molecule has 49 heavy (non-hydrogen) atoms. The molecule has 1 heterocycles. The fourth-order valence-corrected chi connectivity index (χ4v) is 10.2. The van der Waals surface area contributed by atoms with Gasteiger partial charge in [-0.15, -0.1) is 0 Å². The second-order valence-electron chi connectivity index (χ2n) is 11.8. The first-order chi connectivity index (χ1) is 24.3. The Morgan fingerprint density at radius 2 is 0.878 bits per heavy atom. The van der Waals surface area contributed by atoms with Crippen molar-refractivity contribution in [3.05, 3.63) is 182 Å². The highest BCUT2D eigenvalue weighted by atomic mass is 31.1. The Kier molecular flexibility index (Phi) is 7.71. The van der Waals surface area contributed by atoms with Gasteiger partial charge in [0.05, 0.1) is 0 Å². The molecule has 1 aromatic heterocycles. The summed E-state index contributed by atoms with van der Waals surface area (Å²) in [5.74, 6) is 0.712. The van der Waals surface area contributed by atoms with E-state index in [4.69, 9.17) is 12.9 Å². The van der Waals surface area contributed by atoms with Gasteiger partial charge in [0.25, 0.3) is 0 Å². The Balaban J connectivity index is 1.25. The first-order valence-corrected chi connectivity index (χ1v) is 18.7. The second-order valence-corrected chi connectivity index (χ2v) is 15.0. The average molecular weight is 669 g/mol. The monoisotopic (exact) mass is 668 g/mol. The van der Waals surface area contributed by atoms with E-state index in [0.717, 1.165) is 54.6 Å². The largest absolute Gasteiger partial charge is 0.453 e. The molecule has 234 valence electrons. The number of fused-ring (bicyclic) bond motifs is 7. The molecule has 3 nitrogen and oxygen atoms in total. The Labute approximate surface area is 286 Å². The third kappa shape index (κ3) is 5.48. The predicted octanol–water partition coefficient (Wildman–Crippen LogP) is 11.9. The van der Waals surface area contributed by atoms with Crippen molar-refractivity contribution in [2.45, 2.75) is 0 Å². The van der Waals surface area contributed by atoms with E-state index in [1.165, 1.54) is 15.9 Å². The van der Waals surface area contributed by atoms with E-state index in [9.17, 15) is 0 Å². The van der Waals surface area contributed by atoms with Crippen molar-refractivity contribution >= 4 is 75.6 Å². The zero-order valence-corrected chi connectivity index (χ0v) is 28.2. The predicted molar refractivity (Wildman–Crippen MR) is 208 cm³/mol. The van der Waals surface area contributed by atoms with Crippen molar-refractivity contribution in [1.82, 2.24) is 0 Å². The summed E-state index contributed by atoms with van der Waals surface area (Å²) in [5.41, 5.74) is 3.61. The molecule has 0 aliphatic carbocycles. The molecule has 0 radical (unpaired) electrons. The van der Waals surface area contributed by atoms with Crippen LogP contribution in [0, 0.1) is 0 Å². The van der Waals surface area contributed by atoms with Crippen LogP contribution < -0.4 is 20.4 Å². The molecule has 9 rings (SSSR count). The minimum Gasteiger partial charge on any atom is -0.390 e. The summed E-state index contributed by atoms with van der Waals surface area (Å²) in [6, 6.07) is 63.7. The van der Waals surface area contributed by atoms with Crippen LogP contribution in [-0.2, 0) is 0 Å². The molecular weight excluding hydrogens is 638 g/mol. The fourth-order valence-electron chi connectivity index (χ4n) is 6.71. The van der Waals surface area contributed by atoms with E-state index in [2.05, 4.69) is 158 Å². The van der Waals surface area contributed by atoms with E-state index < -0.39 is 16.2 Å². The molecule has 0 unspecified atom stereocenters. The van der Waals surface area contributed by atoms with Crippen LogP contribution in [0.4, 0.5) is 0 Å². The lowest BCUT2D eigenvalue weighted by Gasteiger charge is -2.23. The van der Waals surface area contributed by atoms with E-state index in [0.29, 0.717) is 5.75 Å². The van der Waals surface area contributed by atoms with E-state index in [1.807, 2.05) is 24.3 Å². The third-order valence-electron chi connectivity index (χ3n) is 8.90. The van der Waals surface area contributed by atoms with Crippen LogP contribution in [0.1, 0.15) is 0 Å². The Morgan fingerprint density at radius 1 is 0.408 bits per heavy atom. The maximum absolute atomic E-state index is 6.83. The molecule has 0 amide bonds. The molecule has 0 saturated carbocycles. The maximum atomic E-state index is 6.83. The summed E-state index contributed by atoms with van der Waals surface area (Å²) in [6.45, 7) is 0. The van der Waals surface area contributed by atoms with Crippen LogP contribution in [0.15, 0.2) is 190 Å². The molecule has 0 bridgehead atoms. The summed E-state index contributed by atoms with van der Waals surface area (Å²) in [4.78, 5) is 0. The van der Waals surface area contributed by atoms with Gasteiger partial charge in [-0.05, 0) is 69.1 Å². The van der Waals surface area contributed by atoms with Gasteiger partial charge >= 0.3 is 8.24 Å². The first-order valence-electron chi connectivity index (χ1n) is 16.3. The molecule has 9 aromatic rings. The Morgan fingerprint density at radius 3 is 1.47 bits per heavy atom. The highest BCUT2D eigenvalue weighted by Gasteiger charge is 2.22. The number of hydrogen-bond donors (Lipinski definition) is 0. The second kappa shape index (κ2) is 12.8. The fraction of sp³-hybridized carbons (Fsp3) is 0. The van der Waals surface area contributed by atoms with Crippen LogP contribution in [0.25, 0.3) is 54.6 Å². The molecule has 0 N–H and O–H groups in total. The number of benzene rings is 8. The van der Waals surface area contributed by atoms with Crippen molar-refractivity contribution in [1.29, 1.82) is 0 Å². The maximum Gasteiger partial charge on any atom is 0.453 e. The van der Waals surface area contributed by atoms with Gasteiger partial charge in [0.15, 0.2) is 0 Å². The quantitative estimate of drug-likeness (QED) is 0.165. The summed E-state index contributed by atoms with van der Waals surface area (Å²) in [7, 11) is -2.72. The van der Waals surface area contributed by atoms with Crippen molar-refractivity contribution < 1.29 is 12.9 Å². The minimum atomic E-state index is -1.87. The van der Waals surface area contributed by atoms with Crippen LogP contribution in [0.2, 0.25) is 0 Å². The smallest absolute Gasteiger partial charge is 0.390 e. The Hall–Kier alpha value is -5.59. The van der Waals surface area contributed by atoms with Crippen LogP contribution in [-0.4, -0.2) is 0 Å². The summed E-state index contributed by atoms with van der Waals surface area (Å²) < 4.78 is 20.3. The van der Waals surface area contributed by atoms with Gasteiger partial charge in [-0.2, -0.15) is 0 Å². The standard InChI is InChI=1S/C44H30O3P2/c1-3-17-33(18-4-1)48(34-19-5-2-6-20-34)42-26-14-12-24-38(42)37-23-11-13-25-39(37)45-49-46-40-29-27-31-15-7-9-21-35(31)43(40)44-36-22-10-8-16-32(36)28-30-41(44)47-49/h1-30H. The molecule has 0 atom stereocenters. The lowest BCUT2D eigenvalue weighted by molar-refractivity contribution is 0.499. The van der Waals surface area contributed by atoms with Gasteiger partial charge in [0.1, 0.15) is 16.9 Å². The van der Waals surface area contributed by atoms with E-state index in [1.54, 1.807) is 0 Å². The normalized spacial score (nSPS) is 11.4. The summed E-state index contributed by atoms with van der Waals surface area (Å²) >= 11 is 0. The zero-order valence-electron chi connectivity index (χ0n) is 26.4. The molecular formula is C44H30O3P2. The van der Waals surface area contributed by atoms with Crippen molar-refractivity contribution in [2.75, 3.05) is 0 Å². The number of hydrogen-bond acceptors (Lipinski definition) is 3. The number of para-hydroxylation sites is 1. The van der Waals surface area contributed by atoms with Crippen LogP contribution in [0.5, 0.6) is 5.75 Å². The van der Waals surface area contributed by atoms with Crippen LogP contribution >= 0.6 is 16.2 Å². The highest BCUT2D eigenvalue weighted by molar-refractivity contribution is 7.80. The van der Waals surface area contributed by atoms with Gasteiger partial charge in [-0.25, -0.2) is 0 Å². The zero-order chi connectivity index (χ0) is 32.6. The van der Waals surface area contributed by atoms with Crippen LogP contribution in [0.3, 0.4) is 0 Å². The summed E-state index contributed by atoms with van der Waals surface area (Å²) in [6.07, 6.45) is 0. The third-order valence-corrected chi connectivity index (χ3v) is 12.4. The average Bonchev–Trinajstić information content (AvgIpc) is 3.33. The molecule has 8 aromatic carbocycles. The summed E-state index contributed by atoms with van der Waals surface area (Å²) in [5, 5.41) is 10.4. The topological polar surface area (TPSA) is 35.5 Å². The van der Waals surface area contributed by atoms with E-state index in [-0.39, 0.29) is 0 Å². The van der Waals surface area contributed by atoms with Crippen molar-refractivity contribution in [2.24, 2.45) is 0 Å². The molecule has 5 heteroatoms. The van der Waals surface area contributed by atoms with Gasteiger partial charge in [-0.3, -0.25) is 0 Å². The lowest BCUT2D eigenvalue weighted by atomic mass is 9.99. The Bertz CT molecular complexity index is 2510. The minimum absolute atomic E-state index is 0.712. The van der Waals surface area contributed by atoms with Gasteiger partial charge in [0.2, 0.25) is 0 Å². The van der Waals surface area contributed by atoms with E-state index >= 15 is 0 Å². The molecule has 0 aliphatic rings. The molecule has 0 fully saturated rings. The lowest BCUT2D eigenvalue weighted by Crippen LogP contribution is -2.22. The van der Waals surface area contributed by atoms with Gasteiger partial charge < -0.3 is 12.9 Å². The van der Waals surface area contributed by atoms with Crippen molar-refractivity contribution in [3.8, 4) is 16.9 Å². The molecule has 0 spiro atoms. The van der Waals surface area contributed by atoms with Gasteiger partial charge in [0, 0.05) is 16.3 Å². The molecule has 0 aliphatic heterocycles. The molecule has 0 saturated heterocycles. The van der Waals surface area contributed by atoms with Gasteiger partial charge in [-0.1, -0.05) is 164 Å². The first kappa shape index (κ1) is 29.5. The number of rotatable bonds is 6. The SMILES string of the molecule is c1ccc(P(c2ccccc2)c2ccccc2-c2ccccc2Op2oc3ccc4ccccc4c3c3c(ccc4ccccc43)o2)cc1.